The van der Waals surface area contributed by atoms with Crippen LogP contribution in [0.1, 0.15) is 51.4 Å². The molecule has 0 fully saturated rings. The third-order valence-corrected chi connectivity index (χ3v) is 2.72. The molecule has 0 aromatic rings. The fraction of sp³-hybridized carbons (Fsp3) is 0.917. The van der Waals surface area contributed by atoms with E-state index in [1.165, 1.54) is 7.11 Å². The van der Waals surface area contributed by atoms with Crippen LogP contribution in [0, 0.1) is 0 Å². The molecule has 0 amide bonds. The molecule has 0 aliphatic heterocycles. The van der Waals surface area contributed by atoms with Crippen molar-refractivity contribution in [3.63, 3.8) is 0 Å². The monoisotopic (exact) mass is 247 g/mol. The van der Waals surface area contributed by atoms with Crippen LogP contribution in [-0.4, -0.2) is 36.0 Å². The van der Waals surface area contributed by atoms with Gasteiger partial charge in [0.25, 0.3) is 0 Å². The third-order valence-electron chi connectivity index (χ3n) is 2.72. The van der Waals surface area contributed by atoms with Gasteiger partial charge < -0.3 is 15.1 Å². The molecule has 0 heterocycles. The number of rotatable bonds is 11. The zero-order valence-electron chi connectivity index (χ0n) is 10.7. The van der Waals surface area contributed by atoms with E-state index in [2.05, 4.69) is 4.74 Å². The highest BCUT2D eigenvalue weighted by molar-refractivity contribution is 5.68. The lowest BCUT2D eigenvalue weighted by atomic mass is 10.1. The highest BCUT2D eigenvalue weighted by Crippen LogP contribution is 2.10. The Morgan fingerprint density at radius 3 is 2.35 bits per heavy atom. The van der Waals surface area contributed by atoms with E-state index in [9.17, 15) is 9.90 Å². The number of nitrogens with one attached hydrogen (secondary N) is 1. The van der Waals surface area contributed by atoms with Gasteiger partial charge in [-0.2, -0.15) is 0 Å². The van der Waals surface area contributed by atoms with Crippen LogP contribution in [0.4, 0.5) is 0 Å². The molecule has 0 saturated carbocycles. The summed E-state index contributed by atoms with van der Waals surface area (Å²) in [5.74, 6) is -0.135. The number of carbonyl (C=O) groups excluding carboxylic acids is 1. The molecule has 3 N–H and O–H groups in total. The van der Waals surface area contributed by atoms with Gasteiger partial charge in [0, 0.05) is 13.0 Å². The molecule has 102 valence electrons. The molecule has 17 heavy (non-hydrogen) atoms. The maximum atomic E-state index is 10.8. The Morgan fingerprint density at radius 2 is 1.76 bits per heavy atom. The summed E-state index contributed by atoms with van der Waals surface area (Å²) in [6.45, 7) is 0.235. The Kier molecular flexibility index (Phi) is 11.4. The van der Waals surface area contributed by atoms with E-state index in [1.54, 1.807) is 0 Å². The van der Waals surface area contributed by atoms with Crippen molar-refractivity contribution in [1.29, 1.82) is 0 Å². The molecule has 0 aliphatic rings. The van der Waals surface area contributed by atoms with Gasteiger partial charge in [-0.25, -0.2) is 5.48 Å². The molecule has 0 spiro atoms. The largest absolute Gasteiger partial charge is 0.469 e. The summed E-state index contributed by atoms with van der Waals surface area (Å²) < 4.78 is 4.55. The van der Waals surface area contributed by atoms with E-state index in [1.807, 2.05) is 5.48 Å². The molecular formula is C12H25NO4. The summed E-state index contributed by atoms with van der Waals surface area (Å²) in [6.07, 6.45) is 7.01. The number of aliphatic hydroxyl groups is 1. The predicted molar refractivity (Wildman–Crippen MR) is 64.7 cm³/mol. The molecule has 1 atom stereocenters. The van der Waals surface area contributed by atoms with E-state index in [0.717, 1.165) is 44.9 Å². The number of ether oxygens (including phenoxy) is 1. The summed E-state index contributed by atoms with van der Waals surface area (Å²) in [6, 6.07) is 0. The Balaban J connectivity index is 3.11. The SMILES string of the molecule is COC(=O)CCCCCCCC[C@H](O)CNO. The normalized spacial score (nSPS) is 12.4. The first-order valence-corrected chi connectivity index (χ1v) is 6.32. The minimum atomic E-state index is -0.459. The van der Waals surface area contributed by atoms with Gasteiger partial charge >= 0.3 is 5.97 Å². The fourth-order valence-corrected chi connectivity index (χ4v) is 1.67. The van der Waals surface area contributed by atoms with E-state index < -0.39 is 6.10 Å². The van der Waals surface area contributed by atoms with Crippen molar-refractivity contribution >= 4 is 5.97 Å². The minimum absolute atomic E-state index is 0.135. The van der Waals surface area contributed by atoms with Crippen molar-refractivity contribution < 1.29 is 19.8 Å². The first-order valence-electron chi connectivity index (χ1n) is 6.32. The Morgan fingerprint density at radius 1 is 1.18 bits per heavy atom. The first kappa shape index (κ1) is 16.4. The molecule has 0 saturated heterocycles. The van der Waals surface area contributed by atoms with Crippen molar-refractivity contribution in [2.24, 2.45) is 0 Å². The average Bonchev–Trinajstić information content (AvgIpc) is 2.32. The molecule has 0 aromatic heterocycles. The van der Waals surface area contributed by atoms with Gasteiger partial charge in [-0.15, -0.1) is 0 Å². The highest BCUT2D eigenvalue weighted by atomic mass is 16.5. The molecule has 0 radical (unpaired) electrons. The predicted octanol–water partition coefficient (Wildman–Crippen LogP) is 1.62. The topological polar surface area (TPSA) is 78.8 Å². The van der Waals surface area contributed by atoms with Crippen LogP contribution >= 0.6 is 0 Å². The smallest absolute Gasteiger partial charge is 0.305 e. The number of hydrogen-bond acceptors (Lipinski definition) is 5. The van der Waals surface area contributed by atoms with Crippen LogP contribution in [0.3, 0.4) is 0 Å². The summed E-state index contributed by atoms with van der Waals surface area (Å²) in [7, 11) is 1.41. The molecule has 0 aromatic carbocycles. The van der Waals surface area contributed by atoms with Gasteiger partial charge in [0.15, 0.2) is 0 Å². The molecule has 5 heteroatoms. The Hall–Kier alpha value is -0.650. The second-order valence-electron chi connectivity index (χ2n) is 4.25. The molecule has 0 rings (SSSR count). The molecule has 0 bridgehead atoms. The number of methoxy groups -OCH3 is 1. The van der Waals surface area contributed by atoms with Gasteiger partial charge in [-0.05, 0) is 12.8 Å². The number of esters is 1. The molecule has 0 aliphatic carbocycles. The van der Waals surface area contributed by atoms with Crippen molar-refractivity contribution in [2.45, 2.75) is 57.5 Å². The number of carbonyl (C=O) groups is 1. The van der Waals surface area contributed by atoms with E-state index in [-0.39, 0.29) is 12.5 Å². The van der Waals surface area contributed by atoms with Gasteiger partial charge in [-0.1, -0.05) is 32.1 Å². The molecule has 5 nitrogen and oxygen atoms in total. The fourth-order valence-electron chi connectivity index (χ4n) is 1.67. The van der Waals surface area contributed by atoms with Gasteiger partial charge in [0.1, 0.15) is 0 Å². The van der Waals surface area contributed by atoms with Gasteiger partial charge in [-0.3, -0.25) is 4.79 Å². The quantitative estimate of drug-likeness (QED) is 0.294. The minimum Gasteiger partial charge on any atom is -0.469 e. The number of unbranched alkanes of at least 4 members (excludes halogenated alkanes) is 5. The van der Waals surface area contributed by atoms with Crippen molar-refractivity contribution in [3.8, 4) is 0 Å². The Labute approximate surface area is 103 Å². The van der Waals surface area contributed by atoms with Crippen molar-refractivity contribution in [2.75, 3.05) is 13.7 Å². The lowest BCUT2D eigenvalue weighted by Crippen LogP contribution is -2.23. The van der Waals surface area contributed by atoms with Crippen molar-refractivity contribution in [3.05, 3.63) is 0 Å². The number of hydrogen-bond donors (Lipinski definition) is 3. The highest BCUT2D eigenvalue weighted by Gasteiger charge is 2.02. The standard InChI is InChI=1S/C12H25NO4/c1-17-12(15)9-7-5-3-2-4-6-8-11(14)10-13-16/h11,13-14,16H,2-10H2,1H3/t11-/m0/s1. The number of aliphatic hydroxyl groups excluding tert-OH is 1. The van der Waals surface area contributed by atoms with Crippen LogP contribution in [0.2, 0.25) is 0 Å². The Bertz CT molecular complexity index is 187. The zero-order valence-corrected chi connectivity index (χ0v) is 10.7. The van der Waals surface area contributed by atoms with Crippen LogP contribution in [0.15, 0.2) is 0 Å². The second kappa shape index (κ2) is 11.8. The van der Waals surface area contributed by atoms with Crippen LogP contribution < -0.4 is 5.48 Å². The van der Waals surface area contributed by atoms with E-state index in [0.29, 0.717) is 6.42 Å². The van der Waals surface area contributed by atoms with Crippen LogP contribution in [0.25, 0.3) is 0 Å². The lowest BCUT2D eigenvalue weighted by Gasteiger charge is -2.08. The van der Waals surface area contributed by atoms with Gasteiger partial charge in [0.05, 0.1) is 13.2 Å². The maximum Gasteiger partial charge on any atom is 0.305 e. The number of hydroxylamine groups is 1. The van der Waals surface area contributed by atoms with E-state index >= 15 is 0 Å². The zero-order chi connectivity index (χ0) is 12.9. The average molecular weight is 247 g/mol. The van der Waals surface area contributed by atoms with Crippen LogP contribution in [-0.2, 0) is 9.53 Å². The summed E-state index contributed by atoms with van der Waals surface area (Å²) in [5, 5.41) is 17.7. The van der Waals surface area contributed by atoms with Crippen molar-refractivity contribution in [1.82, 2.24) is 5.48 Å². The lowest BCUT2D eigenvalue weighted by molar-refractivity contribution is -0.140. The second-order valence-corrected chi connectivity index (χ2v) is 4.25. The molecule has 0 unspecified atom stereocenters. The summed E-state index contributed by atoms with van der Waals surface area (Å²) >= 11 is 0. The van der Waals surface area contributed by atoms with Crippen LogP contribution in [0.5, 0.6) is 0 Å². The summed E-state index contributed by atoms with van der Waals surface area (Å²) in [5.41, 5.74) is 1.96. The maximum absolute atomic E-state index is 10.8. The molecular weight excluding hydrogens is 222 g/mol. The van der Waals surface area contributed by atoms with Gasteiger partial charge in [0.2, 0.25) is 0 Å². The van der Waals surface area contributed by atoms with E-state index in [4.69, 9.17) is 5.21 Å². The first-order chi connectivity index (χ1) is 8.20. The third kappa shape index (κ3) is 11.6. The summed E-state index contributed by atoms with van der Waals surface area (Å²) in [4.78, 5) is 10.8.